The van der Waals surface area contributed by atoms with Crippen LogP contribution in [0.4, 0.5) is 0 Å². The summed E-state index contributed by atoms with van der Waals surface area (Å²) in [5.74, 6) is -2.66. The van der Waals surface area contributed by atoms with Crippen LogP contribution in [0.25, 0.3) is 0 Å². The van der Waals surface area contributed by atoms with Gasteiger partial charge in [0.25, 0.3) is 0 Å². The fourth-order valence-corrected chi connectivity index (χ4v) is 4.76. The van der Waals surface area contributed by atoms with E-state index in [0.29, 0.717) is 29.6 Å². The molecule has 6 heteroatoms. The molecule has 1 aliphatic heterocycles. The van der Waals surface area contributed by atoms with Gasteiger partial charge in [-0.15, -0.1) is 0 Å². The second-order valence-corrected chi connectivity index (χ2v) is 8.42. The van der Waals surface area contributed by atoms with E-state index in [9.17, 15) is 19.8 Å². The van der Waals surface area contributed by atoms with Gasteiger partial charge in [-0.25, -0.2) is 9.59 Å². The normalized spacial score (nSPS) is 42.9. The third-order valence-electron chi connectivity index (χ3n) is 6.93. The summed E-state index contributed by atoms with van der Waals surface area (Å²) in [4.78, 5) is 24.1. The summed E-state index contributed by atoms with van der Waals surface area (Å²) in [5, 5.41) is 22.4. The van der Waals surface area contributed by atoms with Crippen LogP contribution in [-0.4, -0.2) is 39.6 Å². The first kappa shape index (κ1) is 19.1. The van der Waals surface area contributed by atoms with Gasteiger partial charge in [0.05, 0.1) is 5.60 Å². The zero-order valence-corrected chi connectivity index (χ0v) is 16.1. The molecule has 144 valence electrons. The average molecular weight is 364 g/mol. The highest BCUT2D eigenvalue weighted by Crippen LogP contribution is 2.61. The van der Waals surface area contributed by atoms with Gasteiger partial charge in [-0.3, -0.25) is 0 Å². The standard InChI is InChI=1S/C20H28O6/c1-6-11(2)16(21)25-14-7-12(3)18(5)9-15-13(4)17(22)26-20(15,24)10-19(18,23)8-14/h6,12,14,23-24H,7-10H2,1-5H3. The van der Waals surface area contributed by atoms with Gasteiger partial charge in [0.15, 0.2) is 0 Å². The molecule has 3 rings (SSSR count). The molecule has 3 aliphatic rings. The van der Waals surface area contributed by atoms with Gasteiger partial charge in [0, 0.05) is 35.0 Å². The van der Waals surface area contributed by atoms with Crippen LogP contribution >= 0.6 is 0 Å². The smallest absolute Gasteiger partial charge is 0.336 e. The first-order valence-corrected chi connectivity index (χ1v) is 9.18. The van der Waals surface area contributed by atoms with E-state index in [2.05, 4.69) is 0 Å². The van der Waals surface area contributed by atoms with Gasteiger partial charge in [-0.1, -0.05) is 19.9 Å². The molecule has 6 nitrogen and oxygen atoms in total. The maximum absolute atomic E-state index is 12.1. The fourth-order valence-electron chi connectivity index (χ4n) is 4.76. The topological polar surface area (TPSA) is 93.1 Å². The highest BCUT2D eigenvalue weighted by atomic mass is 16.7. The highest BCUT2D eigenvalue weighted by Gasteiger charge is 2.65. The number of hydrogen-bond acceptors (Lipinski definition) is 6. The predicted molar refractivity (Wildman–Crippen MR) is 93.7 cm³/mol. The number of esters is 2. The summed E-state index contributed by atoms with van der Waals surface area (Å²) in [6.07, 6.45) is 2.36. The molecule has 0 aromatic heterocycles. The summed E-state index contributed by atoms with van der Waals surface area (Å²) >= 11 is 0. The van der Waals surface area contributed by atoms with Gasteiger partial charge in [0.2, 0.25) is 5.79 Å². The molecule has 0 aromatic carbocycles. The maximum Gasteiger partial charge on any atom is 0.336 e. The largest absolute Gasteiger partial charge is 0.459 e. The molecule has 5 unspecified atom stereocenters. The highest BCUT2D eigenvalue weighted by molar-refractivity contribution is 5.92. The van der Waals surface area contributed by atoms with Crippen LogP contribution in [0.1, 0.15) is 60.3 Å². The van der Waals surface area contributed by atoms with Crippen molar-refractivity contribution < 1.29 is 29.3 Å². The van der Waals surface area contributed by atoms with Crippen LogP contribution in [0.2, 0.25) is 0 Å². The minimum atomic E-state index is -1.76. The molecule has 0 saturated heterocycles. The number of hydrogen-bond donors (Lipinski definition) is 2. The van der Waals surface area contributed by atoms with Gasteiger partial charge >= 0.3 is 11.9 Å². The van der Waals surface area contributed by atoms with Gasteiger partial charge in [-0.2, -0.15) is 0 Å². The van der Waals surface area contributed by atoms with Crippen LogP contribution in [0, 0.1) is 11.3 Å². The summed E-state index contributed by atoms with van der Waals surface area (Å²) in [6.45, 7) is 9.11. The summed E-state index contributed by atoms with van der Waals surface area (Å²) in [6, 6.07) is 0. The van der Waals surface area contributed by atoms with Crippen LogP contribution in [-0.2, 0) is 19.1 Å². The third-order valence-corrected chi connectivity index (χ3v) is 6.93. The molecule has 2 fully saturated rings. The number of carbonyl (C=O) groups is 2. The monoisotopic (exact) mass is 364 g/mol. The first-order valence-electron chi connectivity index (χ1n) is 9.18. The Bertz CT molecular complexity index is 722. The van der Waals surface area contributed by atoms with Crippen LogP contribution < -0.4 is 0 Å². The van der Waals surface area contributed by atoms with E-state index < -0.39 is 34.8 Å². The van der Waals surface area contributed by atoms with Crippen molar-refractivity contribution in [1.29, 1.82) is 0 Å². The third kappa shape index (κ3) is 2.62. The maximum atomic E-state index is 12.1. The lowest BCUT2D eigenvalue weighted by atomic mass is 9.50. The SMILES string of the molecule is CC=C(C)C(=O)OC1CC(C)C2(C)CC3=C(C)C(=O)OC3(O)CC2(O)C1. The lowest BCUT2D eigenvalue weighted by Gasteiger charge is -2.59. The van der Waals surface area contributed by atoms with Crippen LogP contribution in [0.15, 0.2) is 22.8 Å². The Balaban J connectivity index is 1.91. The number of aliphatic hydroxyl groups is 2. The van der Waals surface area contributed by atoms with E-state index in [1.807, 2.05) is 13.8 Å². The number of carbonyl (C=O) groups excluding carboxylic acids is 2. The van der Waals surface area contributed by atoms with Crippen LogP contribution in [0.3, 0.4) is 0 Å². The molecule has 0 spiro atoms. The molecular weight excluding hydrogens is 336 g/mol. The second kappa shape index (κ2) is 5.92. The number of fused-ring (bicyclic) bond motifs is 2. The average Bonchev–Trinajstić information content (AvgIpc) is 2.75. The molecule has 2 N–H and O–H groups in total. The Hall–Kier alpha value is -1.66. The van der Waals surface area contributed by atoms with Crippen molar-refractivity contribution in [3.63, 3.8) is 0 Å². The van der Waals surface area contributed by atoms with E-state index in [1.54, 1.807) is 26.8 Å². The van der Waals surface area contributed by atoms with Crippen molar-refractivity contribution in [2.75, 3.05) is 0 Å². The minimum absolute atomic E-state index is 0.0329. The zero-order valence-electron chi connectivity index (χ0n) is 16.1. The Labute approximate surface area is 153 Å². The summed E-state index contributed by atoms with van der Waals surface area (Å²) in [7, 11) is 0. The van der Waals surface area contributed by atoms with Gasteiger partial charge in [0.1, 0.15) is 6.10 Å². The van der Waals surface area contributed by atoms with Gasteiger partial charge in [-0.05, 0) is 39.5 Å². The van der Waals surface area contributed by atoms with Gasteiger partial charge < -0.3 is 19.7 Å². The Morgan fingerprint density at radius 1 is 1.38 bits per heavy atom. The molecular formula is C20H28O6. The Kier molecular flexibility index (Phi) is 4.36. The van der Waals surface area contributed by atoms with Crippen molar-refractivity contribution in [2.24, 2.45) is 11.3 Å². The van der Waals surface area contributed by atoms with E-state index in [0.717, 1.165) is 0 Å². The van der Waals surface area contributed by atoms with Crippen molar-refractivity contribution in [2.45, 2.75) is 77.8 Å². The van der Waals surface area contributed by atoms with E-state index in [1.165, 1.54) is 0 Å². The number of ether oxygens (including phenoxy) is 2. The number of allylic oxidation sites excluding steroid dienone is 1. The van der Waals surface area contributed by atoms with Crippen molar-refractivity contribution in [3.8, 4) is 0 Å². The molecule has 5 atom stereocenters. The van der Waals surface area contributed by atoms with E-state index in [-0.39, 0.29) is 18.8 Å². The zero-order chi connectivity index (χ0) is 19.5. The molecule has 26 heavy (non-hydrogen) atoms. The molecule has 2 saturated carbocycles. The quantitative estimate of drug-likeness (QED) is 0.577. The molecule has 0 aromatic rings. The summed E-state index contributed by atoms with van der Waals surface area (Å²) in [5.41, 5.74) is -0.321. The van der Waals surface area contributed by atoms with Crippen molar-refractivity contribution in [3.05, 3.63) is 22.8 Å². The Morgan fingerprint density at radius 3 is 2.65 bits per heavy atom. The first-order chi connectivity index (χ1) is 12.0. The molecule has 1 heterocycles. The lowest BCUT2D eigenvalue weighted by Crippen LogP contribution is -2.64. The Morgan fingerprint density at radius 2 is 2.04 bits per heavy atom. The van der Waals surface area contributed by atoms with Crippen molar-refractivity contribution >= 4 is 11.9 Å². The van der Waals surface area contributed by atoms with Crippen molar-refractivity contribution in [1.82, 2.24) is 0 Å². The van der Waals surface area contributed by atoms with Crippen LogP contribution in [0.5, 0.6) is 0 Å². The predicted octanol–water partition coefficient (Wildman–Crippen LogP) is 2.39. The molecule has 0 radical (unpaired) electrons. The molecule has 0 bridgehead atoms. The minimum Gasteiger partial charge on any atom is -0.459 e. The number of rotatable bonds is 2. The van der Waals surface area contributed by atoms with E-state index >= 15 is 0 Å². The molecule has 0 amide bonds. The summed E-state index contributed by atoms with van der Waals surface area (Å²) < 4.78 is 10.8. The second-order valence-electron chi connectivity index (χ2n) is 8.42. The molecule has 2 aliphatic carbocycles. The van der Waals surface area contributed by atoms with E-state index in [4.69, 9.17) is 9.47 Å². The fraction of sp³-hybridized carbons (Fsp3) is 0.700. The lowest BCUT2D eigenvalue weighted by molar-refractivity contribution is -0.257.